The number of benzene rings is 1. The Bertz CT molecular complexity index is 506. The third-order valence-electron chi connectivity index (χ3n) is 2.28. The number of hydrogen-bond acceptors (Lipinski definition) is 2. The summed E-state index contributed by atoms with van der Waals surface area (Å²) < 4.78 is 1.79. The van der Waals surface area contributed by atoms with Gasteiger partial charge in [0, 0.05) is 6.20 Å². The number of nitriles is 1. The summed E-state index contributed by atoms with van der Waals surface area (Å²) in [5.41, 5.74) is 2.77. The topological polar surface area (TPSA) is 41.6 Å². The summed E-state index contributed by atoms with van der Waals surface area (Å²) in [7, 11) is 0. The van der Waals surface area contributed by atoms with Crippen molar-refractivity contribution in [3.63, 3.8) is 0 Å². The maximum Gasteiger partial charge on any atom is 0.0992 e. The van der Waals surface area contributed by atoms with Gasteiger partial charge >= 0.3 is 0 Å². The van der Waals surface area contributed by atoms with E-state index < -0.39 is 0 Å². The Hall–Kier alpha value is -2.08. The Morgan fingerprint density at radius 3 is 3.00 bits per heavy atom. The summed E-state index contributed by atoms with van der Waals surface area (Å²) >= 11 is 0. The molecule has 0 saturated carbocycles. The van der Waals surface area contributed by atoms with Crippen molar-refractivity contribution in [3.8, 4) is 11.8 Å². The molecule has 0 spiro atoms. The van der Waals surface area contributed by atoms with Crippen LogP contribution >= 0.6 is 0 Å². The average molecular weight is 197 g/mol. The molecule has 1 heterocycles. The molecule has 15 heavy (non-hydrogen) atoms. The number of nitrogens with zero attached hydrogens (tertiary/aromatic N) is 3. The number of hydrogen-bond donors (Lipinski definition) is 0. The summed E-state index contributed by atoms with van der Waals surface area (Å²) in [4.78, 5) is 0. The Labute approximate surface area is 88.6 Å². The lowest BCUT2D eigenvalue weighted by Crippen LogP contribution is -1.94. The minimum Gasteiger partial charge on any atom is -0.241 e. The quantitative estimate of drug-likeness (QED) is 0.741. The molecule has 0 atom stereocenters. The zero-order valence-corrected chi connectivity index (χ0v) is 8.51. The van der Waals surface area contributed by atoms with Gasteiger partial charge in [0.05, 0.1) is 23.5 Å². The first-order chi connectivity index (χ1) is 7.33. The molecule has 0 saturated heterocycles. The molecule has 3 nitrogen and oxygen atoms in total. The third kappa shape index (κ3) is 1.89. The molecule has 0 aliphatic heterocycles. The van der Waals surface area contributed by atoms with Crippen molar-refractivity contribution in [2.75, 3.05) is 0 Å². The largest absolute Gasteiger partial charge is 0.241 e. The minimum absolute atomic E-state index is 0.654. The highest BCUT2D eigenvalue weighted by molar-refractivity contribution is 5.40. The van der Waals surface area contributed by atoms with Gasteiger partial charge in [0.25, 0.3) is 0 Å². The van der Waals surface area contributed by atoms with Gasteiger partial charge in [0.2, 0.25) is 0 Å². The lowest BCUT2D eigenvalue weighted by Gasteiger charge is -2.00. The summed E-state index contributed by atoms with van der Waals surface area (Å²) in [5, 5.41) is 13.0. The normalized spacial score (nSPS) is 9.87. The van der Waals surface area contributed by atoms with E-state index in [1.54, 1.807) is 10.7 Å². The maximum absolute atomic E-state index is 8.78. The molecule has 2 rings (SSSR count). The van der Waals surface area contributed by atoms with Crippen LogP contribution in [0.2, 0.25) is 0 Å². The molecule has 0 N–H and O–H groups in total. The van der Waals surface area contributed by atoms with Gasteiger partial charge in [0.1, 0.15) is 0 Å². The highest BCUT2D eigenvalue weighted by Crippen LogP contribution is 2.10. The Kier molecular flexibility index (Phi) is 2.51. The monoisotopic (exact) mass is 197 g/mol. The van der Waals surface area contributed by atoms with Gasteiger partial charge in [-0.2, -0.15) is 10.4 Å². The molecule has 74 valence electrons. The van der Waals surface area contributed by atoms with E-state index in [-0.39, 0.29) is 0 Å². The Balaban J connectivity index is 2.41. The molecule has 1 aromatic heterocycles. The van der Waals surface area contributed by atoms with Crippen molar-refractivity contribution in [2.45, 2.75) is 13.3 Å². The van der Waals surface area contributed by atoms with Crippen LogP contribution < -0.4 is 0 Å². The van der Waals surface area contributed by atoms with Crippen molar-refractivity contribution < 1.29 is 0 Å². The Morgan fingerprint density at radius 2 is 2.33 bits per heavy atom. The van der Waals surface area contributed by atoms with Crippen LogP contribution in [0.15, 0.2) is 36.7 Å². The van der Waals surface area contributed by atoms with Crippen molar-refractivity contribution in [2.24, 2.45) is 0 Å². The molecule has 0 aliphatic carbocycles. The number of rotatable bonds is 2. The zero-order valence-electron chi connectivity index (χ0n) is 8.51. The van der Waals surface area contributed by atoms with Crippen molar-refractivity contribution in [1.29, 1.82) is 5.26 Å². The minimum atomic E-state index is 0.654. The molecular weight excluding hydrogens is 186 g/mol. The van der Waals surface area contributed by atoms with E-state index in [2.05, 4.69) is 18.1 Å². The predicted octanol–water partition coefficient (Wildman–Crippen LogP) is 2.31. The van der Waals surface area contributed by atoms with Crippen molar-refractivity contribution >= 4 is 0 Å². The molecule has 0 unspecified atom stereocenters. The van der Waals surface area contributed by atoms with E-state index >= 15 is 0 Å². The second-order valence-corrected chi connectivity index (χ2v) is 3.31. The average Bonchev–Trinajstić information content (AvgIpc) is 2.78. The molecule has 0 aliphatic rings. The second kappa shape index (κ2) is 3.97. The fraction of sp³-hybridized carbons (Fsp3) is 0.167. The fourth-order valence-electron chi connectivity index (χ4n) is 1.40. The summed E-state index contributed by atoms with van der Waals surface area (Å²) in [6.45, 7) is 2.09. The van der Waals surface area contributed by atoms with E-state index in [1.165, 1.54) is 5.56 Å². The molecule has 0 bridgehead atoms. The van der Waals surface area contributed by atoms with Crippen LogP contribution in [0.4, 0.5) is 0 Å². The highest BCUT2D eigenvalue weighted by atomic mass is 15.3. The van der Waals surface area contributed by atoms with Crippen LogP contribution in [0.3, 0.4) is 0 Å². The fourth-order valence-corrected chi connectivity index (χ4v) is 1.40. The number of aryl methyl sites for hydroxylation is 1. The van der Waals surface area contributed by atoms with Gasteiger partial charge in [-0.3, -0.25) is 0 Å². The predicted molar refractivity (Wildman–Crippen MR) is 57.7 cm³/mol. The van der Waals surface area contributed by atoms with Gasteiger partial charge < -0.3 is 0 Å². The van der Waals surface area contributed by atoms with Crippen LogP contribution in [0.5, 0.6) is 0 Å². The van der Waals surface area contributed by atoms with Gasteiger partial charge in [-0.1, -0.05) is 13.0 Å². The van der Waals surface area contributed by atoms with E-state index in [1.807, 2.05) is 30.6 Å². The van der Waals surface area contributed by atoms with Crippen LogP contribution in [0, 0.1) is 11.3 Å². The van der Waals surface area contributed by atoms with Gasteiger partial charge in [-0.05, 0) is 30.2 Å². The molecule has 2 aromatic rings. The van der Waals surface area contributed by atoms with Gasteiger partial charge in [-0.25, -0.2) is 4.68 Å². The van der Waals surface area contributed by atoms with Gasteiger partial charge in [0.15, 0.2) is 0 Å². The van der Waals surface area contributed by atoms with E-state index in [0.717, 1.165) is 12.1 Å². The first-order valence-electron chi connectivity index (χ1n) is 4.87. The Morgan fingerprint density at radius 1 is 1.47 bits per heavy atom. The standard InChI is InChI=1S/C12H11N3/c1-2-10-8-14-15(9-10)12-5-3-4-11(6-12)7-13/h3-6,8-9H,2H2,1H3. The van der Waals surface area contributed by atoms with Gasteiger partial charge in [-0.15, -0.1) is 0 Å². The van der Waals surface area contributed by atoms with Crippen LogP contribution in [0.1, 0.15) is 18.1 Å². The van der Waals surface area contributed by atoms with Crippen molar-refractivity contribution in [1.82, 2.24) is 9.78 Å². The number of aromatic nitrogens is 2. The molecule has 0 amide bonds. The first-order valence-corrected chi connectivity index (χ1v) is 4.87. The lowest BCUT2D eigenvalue weighted by atomic mass is 10.2. The highest BCUT2D eigenvalue weighted by Gasteiger charge is 2.00. The molecular formula is C12H11N3. The third-order valence-corrected chi connectivity index (χ3v) is 2.28. The maximum atomic E-state index is 8.78. The van der Waals surface area contributed by atoms with Crippen molar-refractivity contribution in [3.05, 3.63) is 47.8 Å². The van der Waals surface area contributed by atoms with E-state index in [0.29, 0.717) is 5.56 Å². The van der Waals surface area contributed by atoms with E-state index in [9.17, 15) is 0 Å². The molecule has 3 heteroatoms. The van der Waals surface area contributed by atoms with Crippen LogP contribution in [-0.2, 0) is 6.42 Å². The molecule has 0 radical (unpaired) electrons. The molecule has 1 aromatic carbocycles. The second-order valence-electron chi connectivity index (χ2n) is 3.31. The zero-order chi connectivity index (χ0) is 10.7. The lowest BCUT2D eigenvalue weighted by molar-refractivity contribution is 0.879. The first kappa shape index (κ1) is 9.47. The summed E-state index contributed by atoms with van der Waals surface area (Å²) in [6, 6.07) is 9.53. The van der Waals surface area contributed by atoms with Crippen LogP contribution in [-0.4, -0.2) is 9.78 Å². The summed E-state index contributed by atoms with van der Waals surface area (Å²) in [5.74, 6) is 0. The SMILES string of the molecule is CCc1cnn(-c2cccc(C#N)c2)c1. The van der Waals surface area contributed by atoms with E-state index in [4.69, 9.17) is 5.26 Å². The van der Waals surface area contributed by atoms with Crippen LogP contribution in [0.25, 0.3) is 5.69 Å². The molecule has 0 fully saturated rings. The summed E-state index contributed by atoms with van der Waals surface area (Å²) in [6.07, 6.45) is 4.80. The smallest absolute Gasteiger partial charge is 0.0992 e.